The number of ether oxygens (including phenoxy) is 2. The van der Waals surface area contributed by atoms with Crippen LogP contribution in [0.1, 0.15) is 16.8 Å². The van der Waals surface area contributed by atoms with E-state index < -0.39 is 0 Å². The van der Waals surface area contributed by atoms with Crippen molar-refractivity contribution in [3.63, 3.8) is 0 Å². The fraction of sp³-hybridized carbons (Fsp3) is 0.375. The fourth-order valence-electron chi connectivity index (χ4n) is 1.98. The summed E-state index contributed by atoms with van der Waals surface area (Å²) in [6.45, 7) is 5.21. The molecule has 0 atom stereocenters. The van der Waals surface area contributed by atoms with Crippen LogP contribution in [0.3, 0.4) is 0 Å². The van der Waals surface area contributed by atoms with E-state index in [1.54, 1.807) is 25.5 Å². The van der Waals surface area contributed by atoms with E-state index in [-0.39, 0.29) is 0 Å². The maximum atomic E-state index is 5.52. The van der Waals surface area contributed by atoms with Crippen molar-refractivity contribution < 1.29 is 9.47 Å². The van der Waals surface area contributed by atoms with Crippen LogP contribution in [0.15, 0.2) is 29.4 Å². The largest absolute Gasteiger partial charge is 0.493 e. The molecule has 6 nitrogen and oxygen atoms in total. The molecule has 0 aliphatic carbocycles. The van der Waals surface area contributed by atoms with Gasteiger partial charge in [-0.15, -0.1) is 11.3 Å². The van der Waals surface area contributed by atoms with E-state index in [2.05, 4.69) is 20.6 Å². The molecule has 1 aromatic carbocycles. The van der Waals surface area contributed by atoms with Crippen LogP contribution in [0.25, 0.3) is 0 Å². The number of guanidine groups is 1. The summed E-state index contributed by atoms with van der Waals surface area (Å²) in [5.74, 6) is 2.08. The second kappa shape index (κ2) is 8.38. The summed E-state index contributed by atoms with van der Waals surface area (Å²) in [6.07, 6.45) is 1.87. The molecule has 2 aromatic rings. The average molecular weight is 334 g/mol. The molecule has 2 N–H and O–H groups in total. The minimum Gasteiger partial charge on any atom is -0.493 e. The Morgan fingerprint density at radius 1 is 1.35 bits per heavy atom. The fourth-order valence-corrected chi connectivity index (χ4v) is 2.71. The smallest absolute Gasteiger partial charge is 0.195 e. The molecular formula is C16H22N4O2S. The molecule has 0 unspecified atom stereocenters. The lowest BCUT2D eigenvalue weighted by atomic mass is 10.2. The number of aliphatic imine (C=N–C) groups is 1. The van der Waals surface area contributed by atoms with Crippen LogP contribution in [0, 0.1) is 6.92 Å². The average Bonchev–Trinajstić information content (AvgIpc) is 2.98. The summed E-state index contributed by atoms with van der Waals surface area (Å²) < 4.78 is 10.9. The van der Waals surface area contributed by atoms with Crippen LogP contribution >= 0.6 is 11.3 Å². The zero-order valence-corrected chi connectivity index (χ0v) is 14.7. The van der Waals surface area contributed by atoms with Crippen LogP contribution in [-0.4, -0.2) is 31.7 Å². The van der Waals surface area contributed by atoms with Crippen molar-refractivity contribution in [1.29, 1.82) is 0 Å². The number of nitrogens with zero attached hydrogens (tertiary/aromatic N) is 2. The van der Waals surface area contributed by atoms with Gasteiger partial charge in [-0.25, -0.2) is 4.98 Å². The molecule has 1 aromatic heterocycles. The number of methoxy groups -OCH3 is 1. The van der Waals surface area contributed by atoms with Crippen molar-refractivity contribution in [2.45, 2.75) is 20.4 Å². The number of hydrogen-bond donors (Lipinski definition) is 2. The molecule has 0 aliphatic heterocycles. The van der Waals surface area contributed by atoms with E-state index in [1.807, 2.05) is 38.2 Å². The lowest BCUT2D eigenvalue weighted by molar-refractivity contribution is 0.311. The molecule has 0 saturated carbocycles. The van der Waals surface area contributed by atoms with Crippen molar-refractivity contribution in [2.75, 3.05) is 26.1 Å². The first-order chi connectivity index (χ1) is 11.2. The lowest BCUT2D eigenvalue weighted by Gasteiger charge is -2.14. The molecular weight excluding hydrogens is 312 g/mol. The quantitative estimate of drug-likeness (QED) is 0.628. The Hall–Kier alpha value is -2.28. The third kappa shape index (κ3) is 4.85. The zero-order valence-electron chi connectivity index (χ0n) is 13.8. The maximum Gasteiger partial charge on any atom is 0.195 e. The third-order valence-electron chi connectivity index (χ3n) is 3.03. The Balaban J connectivity index is 2.01. The van der Waals surface area contributed by atoms with E-state index in [0.29, 0.717) is 24.9 Å². The maximum absolute atomic E-state index is 5.52. The van der Waals surface area contributed by atoms with Gasteiger partial charge in [0.2, 0.25) is 0 Å². The van der Waals surface area contributed by atoms with Crippen LogP contribution < -0.4 is 20.1 Å². The Kier molecular flexibility index (Phi) is 6.22. The van der Waals surface area contributed by atoms with Crippen LogP contribution in [-0.2, 0) is 6.54 Å². The normalized spacial score (nSPS) is 11.2. The molecule has 1 heterocycles. The highest BCUT2D eigenvalue weighted by atomic mass is 32.1. The van der Waals surface area contributed by atoms with Crippen molar-refractivity contribution in [3.05, 3.63) is 34.3 Å². The Labute approximate surface area is 140 Å². The van der Waals surface area contributed by atoms with Crippen molar-refractivity contribution >= 4 is 23.0 Å². The summed E-state index contributed by atoms with van der Waals surface area (Å²) in [5.41, 5.74) is 0.869. The van der Waals surface area contributed by atoms with Gasteiger partial charge < -0.3 is 20.1 Å². The van der Waals surface area contributed by atoms with Crippen molar-refractivity contribution in [1.82, 2.24) is 10.3 Å². The van der Waals surface area contributed by atoms with Gasteiger partial charge in [0, 0.05) is 29.9 Å². The first-order valence-electron chi connectivity index (χ1n) is 7.36. The van der Waals surface area contributed by atoms with Crippen LogP contribution in [0.2, 0.25) is 0 Å². The van der Waals surface area contributed by atoms with E-state index in [4.69, 9.17) is 9.47 Å². The van der Waals surface area contributed by atoms with Gasteiger partial charge >= 0.3 is 0 Å². The highest BCUT2D eigenvalue weighted by Gasteiger charge is 2.07. The zero-order chi connectivity index (χ0) is 16.7. The predicted octanol–water partition coefficient (Wildman–Crippen LogP) is 3.05. The number of nitrogens with one attached hydrogen (secondary N) is 2. The number of thiazole rings is 1. The van der Waals surface area contributed by atoms with E-state index in [0.717, 1.165) is 16.4 Å². The number of aromatic nitrogens is 1. The van der Waals surface area contributed by atoms with Gasteiger partial charge in [-0.1, -0.05) is 0 Å². The topological polar surface area (TPSA) is 67.8 Å². The van der Waals surface area contributed by atoms with E-state index >= 15 is 0 Å². The molecule has 0 aliphatic rings. The summed E-state index contributed by atoms with van der Waals surface area (Å²) >= 11 is 1.67. The number of rotatable bonds is 6. The molecule has 23 heavy (non-hydrogen) atoms. The number of hydrogen-bond acceptors (Lipinski definition) is 5. The summed E-state index contributed by atoms with van der Waals surface area (Å²) in [5, 5.41) is 7.49. The number of aryl methyl sites for hydroxylation is 1. The van der Waals surface area contributed by atoms with E-state index in [9.17, 15) is 0 Å². The van der Waals surface area contributed by atoms with Gasteiger partial charge in [0.15, 0.2) is 17.5 Å². The first kappa shape index (κ1) is 17.1. The molecule has 0 bridgehead atoms. The predicted molar refractivity (Wildman–Crippen MR) is 94.8 cm³/mol. The molecule has 0 saturated heterocycles. The third-order valence-corrected chi connectivity index (χ3v) is 3.94. The van der Waals surface area contributed by atoms with Gasteiger partial charge in [0.25, 0.3) is 0 Å². The summed E-state index contributed by atoms with van der Waals surface area (Å²) in [4.78, 5) is 9.74. The number of anilines is 1. The van der Waals surface area contributed by atoms with Gasteiger partial charge in [-0.3, -0.25) is 4.99 Å². The van der Waals surface area contributed by atoms with Crippen molar-refractivity contribution in [2.24, 2.45) is 4.99 Å². The minimum absolute atomic E-state index is 0.597. The lowest BCUT2D eigenvalue weighted by Crippen LogP contribution is -2.30. The summed E-state index contributed by atoms with van der Waals surface area (Å²) in [6, 6.07) is 5.68. The summed E-state index contributed by atoms with van der Waals surface area (Å²) in [7, 11) is 3.35. The molecule has 2 rings (SSSR count). The van der Waals surface area contributed by atoms with Crippen LogP contribution in [0.5, 0.6) is 11.5 Å². The molecule has 0 spiro atoms. The number of benzene rings is 1. The second-order valence-corrected chi connectivity index (χ2v) is 6.03. The minimum atomic E-state index is 0.597. The Bertz CT molecular complexity index is 670. The van der Waals surface area contributed by atoms with Crippen molar-refractivity contribution in [3.8, 4) is 11.5 Å². The molecule has 0 amide bonds. The second-order valence-electron chi connectivity index (χ2n) is 4.71. The van der Waals surface area contributed by atoms with Gasteiger partial charge in [0.1, 0.15) is 5.01 Å². The van der Waals surface area contributed by atoms with Gasteiger partial charge in [0.05, 0.1) is 20.3 Å². The molecule has 7 heteroatoms. The highest BCUT2D eigenvalue weighted by molar-refractivity contribution is 7.11. The molecule has 124 valence electrons. The SMILES string of the molecule is CCOc1ccc(NC(=NC)NCc2ncc(C)s2)cc1OC. The Morgan fingerprint density at radius 2 is 2.17 bits per heavy atom. The van der Waals surface area contributed by atoms with E-state index in [1.165, 1.54) is 4.88 Å². The Morgan fingerprint density at radius 3 is 2.78 bits per heavy atom. The molecule has 0 radical (unpaired) electrons. The standard InChI is InChI=1S/C16H22N4O2S/c1-5-22-13-7-6-12(8-14(13)21-4)20-16(17-3)19-10-15-18-9-11(2)23-15/h6-9H,5,10H2,1-4H3,(H2,17,19,20). The first-order valence-corrected chi connectivity index (χ1v) is 8.17. The highest BCUT2D eigenvalue weighted by Crippen LogP contribution is 2.30. The van der Waals surface area contributed by atoms with Crippen LogP contribution in [0.4, 0.5) is 5.69 Å². The van der Waals surface area contributed by atoms with Gasteiger partial charge in [-0.05, 0) is 26.0 Å². The van der Waals surface area contributed by atoms with Gasteiger partial charge in [-0.2, -0.15) is 0 Å². The monoisotopic (exact) mass is 334 g/mol. The molecule has 0 fully saturated rings.